The highest BCUT2D eigenvalue weighted by atomic mass is 79.9. The second kappa shape index (κ2) is 7.28. The molecule has 1 amide bonds. The van der Waals surface area contributed by atoms with Crippen molar-refractivity contribution in [3.8, 4) is 5.75 Å². The van der Waals surface area contributed by atoms with Crippen LogP contribution in [0.25, 0.3) is 0 Å². The Hall–Kier alpha value is -1.56. The van der Waals surface area contributed by atoms with Gasteiger partial charge >= 0.3 is 5.97 Å². The number of halogens is 1. The van der Waals surface area contributed by atoms with E-state index in [-0.39, 0.29) is 11.5 Å². The van der Waals surface area contributed by atoms with Crippen LogP contribution in [0.5, 0.6) is 5.75 Å². The van der Waals surface area contributed by atoms with Gasteiger partial charge in [0.15, 0.2) is 6.10 Å². The van der Waals surface area contributed by atoms with Crippen LogP contribution >= 0.6 is 15.9 Å². The summed E-state index contributed by atoms with van der Waals surface area (Å²) < 4.78 is 6.11. The van der Waals surface area contributed by atoms with Crippen molar-refractivity contribution < 1.29 is 19.4 Å². The number of carboxylic acids is 1. The van der Waals surface area contributed by atoms with E-state index in [1.165, 1.54) is 12.1 Å². The summed E-state index contributed by atoms with van der Waals surface area (Å²) in [5.41, 5.74) is 0.159. The number of carbonyl (C=O) groups is 2. The third-order valence-electron chi connectivity index (χ3n) is 2.91. The molecule has 0 aliphatic rings. The quantitative estimate of drug-likeness (QED) is 0.862. The lowest BCUT2D eigenvalue weighted by atomic mass is 10.2. The van der Waals surface area contributed by atoms with Gasteiger partial charge in [0.1, 0.15) is 5.75 Å². The number of hydrogen-bond donors (Lipinski definition) is 1. The van der Waals surface area contributed by atoms with Crippen LogP contribution in [0, 0.1) is 0 Å². The number of ether oxygens (including phenoxy) is 1. The zero-order valence-electron chi connectivity index (χ0n) is 11.7. The molecule has 1 unspecified atom stereocenters. The maximum atomic E-state index is 12.1. The van der Waals surface area contributed by atoms with Gasteiger partial charge in [-0.15, -0.1) is 0 Å². The van der Waals surface area contributed by atoms with Crippen molar-refractivity contribution in [1.29, 1.82) is 0 Å². The first kappa shape index (κ1) is 16.5. The van der Waals surface area contributed by atoms with Crippen molar-refractivity contribution in [2.75, 3.05) is 13.1 Å². The van der Waals surface area contributed by atoms with Gasteiger partial charge in [0.25, 0.3) is 5.91 Å². The molecule has 5 nitrogen and oxygen atoms in total. The lowest BCUT2D eigenvalue weighted by molar-refractivity contribution is -0.137. The molecular weight excluding hydrogens is 326 g/mol. The van der Waals surface area contributed by atoms with E-state index in [4.69, 9.17) is 9.84 Å². The van der Waals surface area contributed by atoms with Gasteiger partial charge in [-0.05, 0) is 54.9 Å². The van der Waals surface area contributed by atoms with Crippen LogP contribution in [0.4, 0.5) is 0 Å². The van der Waals surface area contributed by atoms with Crippen molar-refractivity contribution in [3.63, 3.8) is 0 Å². The van der Waals surface area contributed by atoms with Crippen LogP contribution in [0.3, 0.4) is 0 Å². The third-order valence-corrected chi connectivity index (χ3v) is 3.53. The summed E-state index contributed by atoms with van der Waals surface area (Å²) in [6.45, 7) is 6.75. The molecule has 1 aromatic rings. The minimum absolute atomic E-state index is 0.0933. The van der Waals surface area contributed by atoms with Crippen molar-refractivity contribution >= 4 is 27.8 Å². The van der Waals surface area contributed by atoms with Gasteiger partial charge in [-0.3, -0.25) is 4.79 Å². The van der Waals surface area contributed by atoms with E-state index in [1.807, 2.05) is 13.8 Å². The average Bonchev–Trinajstić information content (AvgIpc) is 2.41. The molecule has 0 saturated carbocycles. The van der Waals surface area contributed by atoms with Gasteiger partial charge in [-0.2, -0.15) is 0 Å². The zero-order chi connectivity index (χ0) is 15.3. The van der Waals surface area contributed by atoms with Crippen LogP contribution in [0.15, 0.2) is 22.7 Å². The largest absolute Gasteiger partial charge is 0.480 e. The van der Waals surface area contributed by atoms with Crippen molar-refractivity contribution in [2.45, 2.75) is 26.9 Å². The molecule has 0 fully saturated rings. The summed E-state index contributed by atoms with van der Waals surface area (Å²) in [6.07, 6.45) is -0.623. The van der Waals surface area contributed by atoms with Gasteiger partial charge in [-0.25, -0.2) is 4.79 Å². The molecule has 0 heterocycles. The molecule has 0 aliphatic carbocycles. The van der Waals surface area contributed by atoms with Crippen molar-refractivity contribution in [3.05, 3.63) is 28.2 Å². The Morgan fingerprint density at radius 3 is 2.40 bits per heavy atom. The molecule has 1 atom stereocenters. The number of rotatable bonds is 6. The first-order chi connectivity index (χ1) is 9.40. The molecule has 1 rings (SSSR count). The van der Waals surface area contributed by atoms with E-state index in [2.05, 4.69) is 15.9 Å². The summed E-state index contributed by atoms with van der Waals surface area (Å²) in [6, 6.07) is 4.43. The molecule has 0 saturated heterocycles. The minimum atomic E-state index is -1.01. The number of carboxylic acid groups (broad SMARTS) is 1. The predicted molar refractivity (Wildman–Crippen MR) is 79.1 cm³/mol. The van der Waals surface area contributed by atoms with E-state index in [1.54, 1.807) is 17.9 Å². The fourth-order valence-corrected chi connectivity index (χ4v) is 2.23. The van der Waals surface area contributed by atoms with Gasteiger partial charge in [0, 0.05) is 13.1 Å². The molecule has 0 spiro atoms. The molecule has 0 bridgehead atoms. The monoisotopic (exact) mass is 343 g/mol. The standard InChI is InChI=1S/C14H18BrNO4/c1-4-16(5-2)13(17)9(3)20-12-7-6-10(14(18)19)8-11(12)15/h6-9H,4-5H2,1-3H3,(H,18,19). The SMILES string of the molecule is CCN(CC)C(=O)C(C)Oc1ccc(C(=O)O)cc1Br. The zero-order valence-corrected chi connectivity index (χ0v) is 13.3. The lowest BCUT2D eigenvalue weighted by Crippen LogP contribution is -2.40. The number of carbonyl (C=O) groups excluding carboxylic acids is 1. The maximum absolute atomic E-state index is 12.1. The molecule has 0 radical (unpaired) electrons. The van der Waals surface area contributed by atoms with Crippen LogP contribution in [0.2, 0.25) is 0 Å². The molecule has 20 heavy (non-hydrogen) atoms. The molecular formula is C14H18BrNO4. The first-order valence-electron chi connectivity index (χ1n) is 6.38. The Morgan fingerprint density at radius 2 is 1.95 bits per heavy atom. The van der Waals surface area contributed by atoms with Crippen LogP contribution < -0.4 is 4.74 Å². The topological polar surface area (TPSA) is 66.8 Å². The van der Waals surface area contributed by atoms with E-state index in [0.717, 1.165) is 0 Å². The molecule has 0 aromatic heterocycles. The minimum Gasteiger partial charge on any atom is -0.480 e. The number of nitrogens with zero attached hydrogens (tertiary/aromatic N) is 1. The Balaban J connectivity index is 2.83. The Bertz CT molecular complexity index is 500. The van der Waals surface area contributed by atoms with E-state index >= 15 is 0 Å². The second-order valence-electron chi connectivity index (χ2n) is 4.22. The Labute approximate surface area is 126 Å². The Morgan fingerprint density at radius 1 is 1.35 bits per heavy atom. The predicted octanol–water partition coefficient (Wildman–Crippen LogP) is 2.78. The van der Waals surface area contributed by atoms with Crippen LogP contribution in [0.1, 0.15) is 31.1 Å². The molecule has 110 valence electrons. The summed E-state index contributed by atoms with van der Waals surface area (Å²) in [5, 5.41) is 8.88. The van der Waals surface area contributed by atoms with Gasteiger partial charge in [0.05, 0.1) is 10.0 Å². The van der Waals surface area contributed by atoms with E-state index in [9.17, 15) is 9.59 Å². The highest BCUT2D eigenvalue weighted by molar-refractivity contribution is 9.10. The maximum Gasteiger partial charge on any atom is 0.335 e. The summed E-state index contributed by atoms with van der Waals surface area (Å²) in [4.78, 5) is 24.6. The first-order valence-corrected chi connectivity index (χ1v) is 7.18. The highest BCUT2D eigenvalue weighted by Crippen LogP contribution is 2.27. The number of amides is 1. The van der Waals surface area contributed by atoms with Crippen molar-refractivity contribution in [1.82, 2.24) is 4.90 Å². The summed E-state index contributed by atoms with van der Waals surface area (Å²) in [5.74, 6) is -0.656. The second-order valence-corrected chi connectivity index (χ2v) is 5.08. The van der Waals surface area contributed by atoms with Crippen LogP contribution in [-0.4, -0.2) is 41.1 Å². The average molecular weight is 344 g/mol. The summed E-state index contributed by atoms with van der Waals surface area (Å²) in [7, 11) is 0. The molecule has 1 aromatic carbocycles. The lowest BCUT2D eigenvalue weighted by Gasteiger charge is -2.23. The number of aromatic carboxylic acids is 1. The van der Waals surface area contributed by atoms with E-state index in [0.29, 0.717) is 23.3 Å². The molecule has 0 aliphatic heterocycles. The Kier molecular flexibility index (Phi) is 6.01. The van der Waals surface area contributed by atoms with Crippen molar-refractivity contribution in [2.24, 2.45) is 0 Å². The molecule has 6 heteroatoms. The van der Waals surface area contributed by atoms with Gasteiger partial charge in [0.2, 0.25) is 0 Å². The van der Waals surface area contributed by atoms with Crippen LogP contribution in [-0.2, 0) is 4.79 Å². The fourth-order valence-electron chi connectivity index (χ4n) is 1.76. The fraction of sp³-hybridized carbons (Fsp3) is 0.429. The van der Waals surface area contributed by atoms with Gasteiger partial charge in [-0.1, -0.05) is 0 Å². The smallest absolute Gasteiger partial charge is 0.335 e. The number of likely N-dealkylation sites (N-methyl/N-ethyl adjacent to an activating group) is 1. The van der Waals surface area contributed by atoms with Gasteiger partial charge < -0.3 is 14.7 Å². The van der Waals surface area contributed by atoms with E-state index < -0.39 is 12.1 Å². The molecule has 1 N–H and O–H groups in total. The summed E-state index contributed by atoms with van der Waals surface area (Å²) >= 11 is 3.25. The normalized spacial score (nSPS) is 11.8. The highest BCUT2D eigenvalue weighted by Gasteiger charge is 2.20. The third kappa shape index (κ3) is 3.96. The number of benzene rings is 1. The number of hydrogen-bond acceptors (Lipinski definition) is 3.